The van der Waals surface area contributed by atoms with Gasteiger partial charge in [-0.1, -0.05) is 6.42 Å². The van der Waals surface area contributed by atoms with Crippen LogP contribution in [0.15, 0.2) is 0 Å². The van der Waals surface area contributed by atoms with Crippen molar-refractivity contribution < 1.29 is 4.79 Å². The van der Waals surface area contributed by atoms with Crippen LogP contribution in [0.2, 0.25) is 0 Å². The first-order valence-corrected chi connectivity index (χ1v) is 6.60. The molecule has 3 fully saturated rings. The Kier molecular flexibility index (Phi) is 2.55. The molecule has 2 aliphatic carbocycles. The average Bonchev–Trinajstić information content (AvgIpc) is 2.84. The van der Waals surface area contributed by atoms with Crippen LogP contribution in [0.25, 0.3) is 0 Å². The standard InChI is InChI=1S/C13H21NO/c15-13-11-5-4-10(8-11)12(13)9-14-6-2-1-3-7-14/h10-12H,1-9H2/t10-,11-,12+/m0/s1. The first-order valence-electron chi connectivity index (χ1n) is 6.60. The normalized spacial score (nSPS) is 41.3. The maximum atomic E-state index is 12.0. The van der Waals surface area contributed by atoms with Gasteiger partial charge in [-0.2, -0.15) is 0 Å². The fourth-order valence-electron chi connectivity index (χ4n) is 3.83. The van der Waals surface area contributed by atoms with Gasteiger partial charge in [0.25, 0.3) is 0 Å². The van der Waals surface area contributed by atoms with Crippen molar-refractivity contribution in [2.45, 2.75) is 38.5 Å². The summed E-state index contributed by atoms with van der Waals surface area (Å²) in [6, 6.07) is 0. The second-order valence-corrected chi connectivity index (χ2v) is 5.64. The highest BCUT2D eigenvalue weighted by atomic mass is 16.1. The first kappa shape index (κ1) is 9.83. The van der Waals surface area contributed by atoms with E-state index in [0.29, 0.717) is 17.6 Å². The Morgan fingerprint density at radius 1 is 1.13 bits per heavy atom. The molecule has 0 N–H and O–H groups in total. The molecule has 2 heteroatoms. The van der Waals surface area contributed by atoms with Crippen LogP contribution >= 0.6 is 0 Å². The van der Waals surface area contributed by atoms with Gasteiger partial charge in [-0.15, -0.1) is 0 Å². The second-order valence-electron chi connectivity index (χ2n) is 5.64. The van der Waals surface area contributed by atoms with E-state index in [1.807, 2.05) is 0 Å². The molecule has 1 saturated heterocycles. The van der Waals surface area contributed by atoms with Crippen molar-refractivity contribution >= 4 is 5.78 Å². The zero-order valence-corrected chi connectivity index (χ0v) is 9.45. The third-order valence-corrected chi connectivity index (χ3v) is 4.71. The number of nitrogens with zero attached hydrogens (tertiary/aromatic N) is 1. The maximum absolute atomic E-state index is 12.0. The number of rotatable bonds is 2. The Bertz CT molecular complexity index is 257. The molecule has 3 atom stereocenters. The predicted molar refractivity (Wildman–Crippen MR) is 59.6 cm³/mol. The lowest BCUT2D eigenvalue weighted by Crippen LogP contribution is -2.38. The fourth-order valence-corrected chi connectivity index (χ4v) is 3.83. The summed E-state index contributed by atoms with van der Waals surface area (Å²) in [5.41, 5.74) is 0. The molecule has 0 unspecified atom stereocenters. The Morgan fingerprint density at radius 3 is 2.60 bits per heavy atom. The van der Waals surface area contributed by atoms with Crippen molar-refractivity contribution in [2.24, 2.45) is 17.8 Å². The van der Waals surface area contributed by atoms with E-state index in [9.17, 15) is 4.79 Å². The number of piperidine rings is 1. The number of likely N-dealkylation sites (tertiary alicyclic amines) is 1. The zero-order chi connectivity index (χ0) is 10.3. The molecule has 0 aromatic heterocycles. The Labute approximate surface area is 92.0 Å². The van der Waals surface area contributed by atoms with E-state index in [2.05, 4.69) is 4.90 Å². The van der Waals surface area contributed by atoms with Crippen molar-refractivity contribution in [3.05, 3.63) is 0 Å². The number of ketones is 1. The fraction of sp³-hybridized carbons (Fsp3) is 0.923. The summed E-state index contributed by atoms with van der Waals surface area (Å²) in [6.07, 6.45) is 7.82. The van der Waals surface area contributed by atoms with E-state index < -0.39 is 0 Å². The van der Waals surface area contributed by atoms with E-state index in [1.54, 1.807) is 0 Å². The molecule has 0 radical (unpaired) electrons. The molecule has 15 heavy (non-hydrogen) atoms. The Balaban J connectivity index is 1.60. The highest BCUT2D eigenvalue weighted by Crippen LogP contribution is 2.46. The summed E-state index contributed by atoms with van der Waals surface area (Å²) in [7, 11) is 0. The first-order chi connectivity index (χ1) is 7.34. The van der Waals surface area contributed by atoms with Crippen molar-refractivity contribution in [1.29, 1.82) is 0 Å². The van der Waals surface area contributed by atoms with Gasteiger partial charge in [0.15, 0.2) is 0 Å². The van der Waals surface area contributed by atoms with Crippen molar-refractivity contribution in [2.75, 3.05) is 19.6 Å². The third kappa shape index (κ3) is 1.73. The van der Waals surface area contributed by atoms with E-state index in [4.69, 9.17) is 0 Å². The van der Waals surface area contributed by atoms with Gasteiger partial charge in [0.1, 0.15) is 5.78 Å². The molecule has 3 aliphatic rings. The smallest absolute Gasteiger partial charge is 0.140 e. The second kappa shape index (κ2) is 3.89. The van der Waals surface area contributed by atoms with E-state index in [1.165, 1.54) is 51.6 Å². The van der Waals surface area contributed by atoms with Gasteiger partial charge in [0.05, 0.1) is 0 Å². The number of hydrogen-bond acceptors (Lipinski definition) is 2. The Hall–Kier alpha value is -0.370. The minimum atomic E-state index is 0.418. The summed E-state index contributed by atoms with van der Waals surface area (Å²) in [5.74, 6) is 2.24. The summed E-state index contributed by atoms with van der Waals surface area (Å²) >= 11 is 0. The van der Waals surface area contributed by atoms with Crippen LogP contribution < -0.4 is 0 Å². The lowest BCUT2D eigenvalue weighted by atomic mass is 9.87. The monoisotopic (exact) mass is 207 g/mol. The van der Waals surface area contributed by atoms with Gasteiger partial charge >= 0.3 is 0 Å². The molecule has 3 rings (SSSR count). The molecule has 0 amide bonds. The average molecular weight is 207 g/mol. The van der Waals surface area contributed by atoms with Crippen molar-refractivity contribution in [1.82, 2.24) is 4.90 Å². The van der Waals surface area contributed by atoms with Gasteiger partial charge in [0.2, 0.25) is 0 Å². The molecule has 0 aromatic carbocycles. The van der Waals surface area contributed by atoms with E-state index in [-0.39, 0.29) is 0 Å². The summed E-state index contributed by atoms with van der Waals surface area (Å²) in [5, 5.41) is 0. The largest absolute Gasteiger partial charge is 0.303 e. The molecule has 0 spiro atoms. The molecule has 2 bridgehead atoms. The molecule has 84 valence electrons. The predicted octanol–water partition coefficient (Wildman–Crippen LogP) is 2.09. The summed E-state index contributed by atoms with van der Waals surface area (Å²) in [6.45, 7) is 3.56. The lowest BCUT2D eigenvalue weighted by Gasteiger charge is -2.31. The van der Waals surface area contributed by atoms with Gasteiger partial charge in [-0.3, -0.25) is 4.79 Å². The minimum Gasteiger partial charge on any atom is -0.303 e. The quantitative estimate of drug-likeness (QED) is 0.691. The minimum absolute atomic E-state index is 0.418. The molecule has 2 saturated carbocycles. The van der Waals surface area contributed by atoms with Gasteiger partial charge < -0.3 is 4.90 Å². The summed E-state index contributed by atoms with van der Waals surface area (Å²) < 4.78 is 0. The van der Waals surface area contributed by atoms with E-state index >= 15 is 0 Å². The number of fused-ring (bicyclic) bond motifs is 2. The van der Waals surface area contributed by atoms with Gasteiger partial charge in [0, 0.05) is 18.4 Å². The van der Waals surface area contributed by atoms with Crippen LogP contribution in [0.5, 0.6) is 0 Å². The highest BCUT2D eigenvalue weighted by Gasteiger charge is 2.46. The highest BCUT2D eigenvalue weighted by molar-refractivity contribution is 5.87. The van der Waals surface area contributed by atoms with Crippen molar-refractivity contribution in [3.63, 3.8) is 0 Å². The van der Waals surface area contributed by atoms with Crippen LogP contribution in [0.3, 0.4) is 0 Å². The van der Waals surface area contributed by atoms with E-state index in [0.717, 1.165) is 12.5 Å². The number of carbonyl (C=O) groups excluding carboxylic acids is 1. The zero-order valence-electron chi connectivity index (χ0n) is 9.45. The van der Waals surface area contributed by atoms with Crippen LogP contribution in [0.1, 0.15) is 38.5 Å². The maximum Gasteiger partial charge on any atom is 0.140 e. The van der Waals surface area contributed by atoms with Gasteiger partial charge in [-0.25, -0.2) is 0 Å². The molecular weight excluding hydrogens is 186 g/mol. The molecule has 1 heterocycles. The molecular formula is C13H21NO. The van der Waals surface area contributed by atoms with Crippen LogP contribution in [-0.4, -0.2) is 30.3 Å². The van der Waals surface area contributed by atoms with Crippen molar-refractivity contribution in [3.8, 4) is 0 Å². The lowest BCUT2D eigenvalue weighted by molar-refractivity contribution is -0.126. The number of carbonyl (C=O) groups is 1. The van der Waals surface area contributed by atoms with Crippen LogP contribution in [-0.2, 0) is 4.79 Å². The molecule has 2 nitrogen and oxygen atoms in total. The van der Waals surface area contributed by atoms with Crippen LogP contribution in [0.4, 0.5) is 0 Å². The van der Waals surface area contributed by atoms with Gasteiger partial charge in [-0.05, 0) is 51.1 Å². The topological polar surface area (TPSA) is 20.3 Å². The Morgan fingerprint density at radius 2 is 1.93 bits per heavy atom. The SMILES string of the molecule is O=C1[C@H]2CC[C@@H](C2)[C@H]1CN1CCCCC1. The molecule has 1 aliphatic heterocycles. The number of hydrogen-bond donors (Lipinski definition) is 0. The molecule has 0 aromatic rings. The van der Waals surface area contributed by atoms with Crippen LogP contribution in [0, 0.1) is 17.8 Å². The third-order valence-electron chi connectivity index (χ3n) is 4.71. The number of Topliss-reactive ketones (excluding diaryl/α,β-unsaturated/α-hetero) is 1. The summed E-state index contributed by atoms with van der Waals surface area (Å²) in [4.78, 5) is 14.5.